The maximum absolute atomic E-state index is 12.6. The Labute approximate surface area is 137 Å². The molecule has 0 aliphatic heterocycles. The number of amides is 1. The van der Waals surface area contributed by atoms with Gasteiger partial charge in [0.15, 0.2) is 0 Å². The molecule has 1 aliphatic rings. The summed E-state index contributed by atoms with van der Waals surface area (Å²) in [5, 5.41) is 12.5. The van der Waals surface area contributed by atoms with Crippen molar-refractivity contribution in [2.24, 2.45) is 0 Å². The van der Waals surface area contributed by atoms with E-state index in [0.29, 0.717) is 18.6 Å². The minimum Gasteiger partial charge on any atom is -0.497 e. The largest absolute Gasteiger partial charge is 0.497 e. The van der Waals surface area contributed by atoms with Crippen LogP contribution in [0.3, 0.4) is 0 Å². The second kappa shape index (κ2) is 7.49. The Kier molecular flexibility index (Phi) is 5.64. The van der Waals surface area contributed by atoms with Crippen LogP contribution in [0.5, 0.6) is 5.75 Å². The molecular weight excluding hydrogens is 294 g/mol. The zero-order chi connectivity index (χ0) is 16.9. The summed E-state index contributed by atoms with van der Waals surface area (Å²) < 4.78 is 5.18. The van der Waals surface area contributed by atoms with Gasteiger partial charge >= 0.3 is 5.97 Å². The molecule has 1 aromatic carbocycles. The molecule has 1 amide bonds. The molecule has 126 valence electrons. The molecule has 1 aliphatic carbocycles. The number of benzene rings is 1. The first kappa shape index (κ1) is 17.3. The lowest BCUT2D eigenvalue weighted by atomic mass is 9.88. The summed E-state index contributed by atoms with van der Waals surface area (Å²) in [6, 6.07) is 7.31. The molecule has 0 radical (unpaired) electrons. The SMILES string of the molecule is COc1cccc(C(C)C(=O)NC2(C(=O)O)CCCCCC2)c1. The third-order valence-electron chi connectivity index (χ3n) is 4.72. The van der Waals surface area contributed by atoms with Crippen molar-refractivity contribution in [1.82, 2.24) is 5.32 Å². The second-order valence-corrected chi connectivity index (χ2v) is 6.29. The highest BCUT2D eigenvalue weighted by molar-refractivity contribution is 5.90. The number of aliphatic carboxylic acids is 1. The first-order valence-electron chi connectivity index (χ1n) is 8.18. The first-order valence-corrected chi connectivity index (χ1v) is 8.18. The summed E-state index contributed by atoms with van der Waals surface area (Å²) in [6.45, 7) is 1.79. The van der Waals surface area contributed by atoms with E-state index in [1.807, 2.05) is 24.3 Å². The number of methoxy groups -OCH3 is 1. The van der Waals surface area contributed by atoms with Gasteiger partial charge in [-0.3, -0.25) is 4.79 Å². The molecule has 0 saturated heterocycles. The van der Waals surface area contributed by atoms with Crippen LogP contribution in [-0.2, 0) is 9.59 Å². The zero-order valence-electron chi connectivity index (χ0n) is 13.8. The van der Waals surface area contributed by atoms with E-state index in [0.717, 1.165) is 31.2 Å². The molecule has 5 heteroatoms. The zero-order valence-corrected chi connectivity index (χ0v) is 13.8. The molecule has 0 bridgehead atoms. The molecular formula is C18H25NO4. The van der Waals surface area contributed by atoms with Gasteiger partial charge in [-0.1, -0.05) is 37.8 Å². The molecule has 1 saturated carbocycles. The first-order chi connectivity index (χ1) is 11.0. The molecule has 2 N–H and O–H groups in total. The van der Waals surface area contributed by atoms with Gasteiger partial charge in [0.05, 0.1) is 13.0 Å². The molecule has 1 atom stereocenters. The van der Waals surface area contributed by atoms with Crippen molar-refractivity contribution in [2.45, 2.75) is 56.9 Å². The van der Waals surface area contributed by atoms with Crippen molar-refractivity contribution < 1.29 is 19.4 Å². The normalized spacial score (nSPS) is 18.5. The van der Waals surface area contributed by atoms with Crippen LogP contribution in [0.4, 0.5) is 0 Å². The number of ether oxygens (including phenoxy) is 1. The maximum atomic E-state index is 12.6. The Bertz CT molecular complexity index is 562. The molecule has 0 heterocycles. The summed E-state index contributed by atoms with van der Waals surface area (Å²) in [5.74, 6) is -0.915. The average molecular weight is 319 g/mol. The smallest absolute Gasteiger partial charge is 0.329 e. The van der Waals surface area contributed by atoms with Gasteiger partial charge in [-0.2, -0.15) is 0 Å². The third kappa shape index (κ3) is 4.03. The van der Waals surface area contributed by atoms with Crippen LogP contribution in [0, 0.1) is 0 Å². The van der Waals surface area contributed by atoms with Crippen LogP contribution in [0.25, 0.3) is 0 Å². The lowest BCUT2D eigenvalue weighted by molar-refractivity contribution is -0.148. The van der Waals surface area contributed by atoms with Crippen LogP contribution in [0.2, 0.25) is 0 Å². The van der Waals surface area contributed by atoms with Gasteiger partial charge in [-0.05, 0) is 37.5 Å². The number of hydrogen-bond acceptors (Lipinski definition) is 3. The average Bonchev–Trinajstić information content (AvgIpc) is 2.80. The van der Waals surface area contributed by atoms with Crippen molar-refractivity contribution >= 4 is 11.9 Å². The van der Waals surface area contributed by atoms with Crippen LogP contribution < -0.4 is 10.1 Å². The van der Waals surface area contributed by atoms with E-state index in [9.17, 15) is 14.7 Å². The Morgan fingerprint density at radius 2 is 1.87 bits per heavy atom. The highest BCUT2D eigenvalue weighted by Gasteiger charge is 2.40. The highest BCUT2D eigenvalue weighted by atomic mass is 16.5. The fraction of sp³-hybridized carbons (Fsp3) is 0.556. The van der Waals surface area contributed by atoms with Crippen molar-refractivity contribution in [3.8, 4) is 5.75 Å². The van der Waals surface area contributed by atoms with E-state index in [1.165, 1.54) is 0 Å². The van der Waals surface area contributed by atoms with Gasteiger partial charge in [-0.25, -0.2) is 4.79 Å². The summed E-state index contributed by atoms with van der Waals surface area (Å²) in [6.07, 6.45) is 4.71. The molecule has 1 aromatic rings. The summed E-state index contributed by atoms with van der Waals surface area (Å²) in [4.78, 5) is 24.4. The van der Waals surface area contributed by atoms with Crippen LogP contribution in [0.1, 0.15) is 56.9 Å². The third-order valence-corrected chi connectivity index (χ3v) is 4.72. The number of carboxylic acid groups (broad SMARTS) is 1. The van der Waals surface area contributed by atoms with Gasteiger partial charge in [0.25, 0.3) is 0 Å². The minimum atomic E-state index is -1.12. The summed E-state index contributed by atoms with van der Waals surface area (Å²) >= 11 is 0. The summed E-state index contributed by atoms with van der Waals surface area (Å²) in [5.41, 5.74) is -0.309. The van der Waals surface area contributed by atoms with E-state index in [-0.39, 0.29) is 5.91 Å². The number of rotatable bonds is 5. The number of carbonyl (C=O) groups is 2. The molecule has 5 nitrogen and oxygen atoms in total. The van der Waals surface area contributed by atoms with Gasteiger partial charge in [-0.15, -0.1) is 0 Å². The molecule has 0 aromatic heterocycles. The van der Waals surface area contributed by atoms with Crippen LogP contribution in [-0.4, -0.2) is 29.6 Å². The standard InChI is InChI=1S/C18H25NO4/c1-13(14-8-7-9-15(12-14)23-2)16(20)19-18(17(21)22)10-5-3-4-6-11-18/h7-9,12-13H,3-6,10-11H2,1-2H3,(H,19,20)(H,21,22). The summed E-state index contributed by atoms with van der Waals surface area (Å²) in [7, 11) is 1.58. The Morgan fingerprint density at radius 3 is 2.43 bits per heavy atom. The van der Waals surface area contributed by atoms with Crippen molar-refractivity contribution in [1.29, 1.82) is 0 Å². The lowest BCUT2D eigenvalue weighted by Gasteiger charge is -2.30. The number of carboxylic acids is 1. The van der Waals surface area contributed by atoms with E-state index < -0.39 is 17.4 Å². The fourth-order valence-corrected chi connectivity index (χ4v) is 3.13. The molecule has 2 rings (SSSR count). The molecule has 1 fully saturated rings. The van der Waals surface area contributed by atoms with Gasteiger partial charge in [0.2, 0.25) is 5.91 Å². The van der Waals surface area contributed by atoms with Gasteiger partial charge < -0.3 is 15.2 Å². The number of hydrogen-bond donors (Lipinski definition) is 2. The van der Waals surface area contributed by atoms with Crippen LogP contribution in [0.15, 0.2) is 24.3 Å². The van der Waals surface area contributed by atoms with E-state index in [2.05, 4.69) is 5.32 Å². The topological polar surface area (TPSA) is 75.6 Å². The molecule has 0 spiro atoms. The minimum absolute atomic E-state index is 0.248. The predicted octanol–water partition coefficient (Wildman–Crippen LogP) is 3.09. The van der Waals surface area contributed by atoms with E-state index in [4.69, 9.17) is 4.74 Å². The monoisotopic (exact) mass is 319 g/mol. The van der Waals surface area contributed by atoms with Gasteiger partial charge in [0.1, 0.15) is 11.3 Å². The highest BCUT2D eigenvalue weighted by Crippen LogP contribution is 2.29. The molecule has 23 heavy (non-hydrogen) atoms. The maximum Gasteiger partial charge on any atom is 0.329 e. The Hall–Kier alpha value is -2.04. The number of carbonyl (C=O) groups excluding carboxylic acids is 1. The Balaban J connectivity index is 2.15. The molecule has 1 unspecified atom stereocenters. The van der Waals surface area contributed by atoms with Crippen LogP contribution >= 0.6 is 0 Å². The lowest BCUT2D eigenvalue weighted by Crippen LogP contribution is -2.55. The Morgan fingerprint density at radius 1 is 1.22 bits per heavy atom. The van der Waals surface area contributed by atoms with E-state index in [1.54, 1.807) is 14.0 Å². The second-order valence-electron chi connectivity index (χ2n) is 6.29. The van der Waals surface area contributed by atoms with Crippen molar-refractivity contribution in [3.63, 3.8) is 0 Å². The van der Waals surface area contributed by atoms with E-state index >= 15 is 0 Å². The number of nitrogens with one attached hydrogen (secondary N) is 1. The van der Waals surface area contributed by atoms with Crippen molar-refractivity contribution in [3.05, 3.63) is 29.8 Å². The van der Waals surface area contributed by atoms with Crippen molar-refractivity contribution in [2.75, 3.05) is 7.11 Å². The fourth-order valence-electron chi connectivity index (χ4n) is 3.13. The quantitative estimate of drug-likeness (QED) is 0.818. The van der Waals surface area contributed by atoms with Gasteiger partial charge in [0, 0.05) is 0 Å². The predicted molar refractivity (Wildman–Crippen MR) is 87.6 cm³/mol.